The average molecular weight is 1460 g/mol. The summed E-state index contributed by atoms with van der Waals surface area (Å²) in [6.07, 6.45) is -4.70. The molecule has 29 nitrogen and oxygen atoms in total. The SMILES string of the molecule is CCCCCCCCCCCCC/C=C/[C@@H](O)[C@H](CO[C@@H]1OC(CO)[C@@H](O[C@@H]2OC(CO)[C@H](O)[C@H](O[C@H]3OC(CO)[C@H](O)[C@H](O[C@@H]4OC(CO)[C@@H](O)[C@H](O[C@H]5OC(C)[C@@H](O)C(O)[C@@H]5O)C4NC(C)=O)C3O)C2O)[C@H](O)C1O)NC(=O)CCCCCCCCCCCCCCCCCCCCC. The Balaban J connectivity index is 1.19. The molecule has 0 aliphatic carbocycles. The van der Waals surface area contributed by atoms with Gasteiger partial charge in [-0.05, 0) is 26.2 Å². The lowest BCUT2D eigenvalue weighted by molar-refractivity contribution is -0.389. The molecule has 10 unspecified atom stereocenters. The van der Waals surface area contributed by atoms with Crippen LogP contribution in [0, 0.1) is 0 Å². The molecule has 0 bridgehead atoms. The van der Waals surface area contributed by atoms with Gasteiger partial charge in [0, 0.05) is 13.3 Å². The quantitative estimate of drug-likeness (QED) is 0.0306. The normalized spacial score (nSPS) is 35.4. The summed E-state index contributed by atoms with van der Waals surface area (Å²) in [4.78, 5) is 26.2. The van der Waals surface area contributed by atoms with Crippen LogP contribution in [0.1, 0.15) is 233 Å². The number of unbranched alkanes of at least 4 members (excludes halogenated alkanes) is 29. The van der Waals surface area contributed by atoms with Crippen LogP contribution in [-0.4, -0.2) is 287 Å². The molecule has 0 radical (unpaired) electrons. The molecule has 27 atom stereocenters. The van der Waals surface area contributed by atoms with Crippen molar-refractivity contribution >= 4 is 11.8 Å². The molecule has 0 aromatic carbocycles. The van der Waals surface area contributed by atoms with Gasteiger partial charge in [0.1, 0.15) is 116 Å². The van der Waals surface area contributed by atoms with Crippen LogP contribution >= 0.6 is 0 Å². The highest BCUT2D eigenvalue weighted by atomic mass is 16.8. The number of allylic oxidation sites excluding steroid dienone is 1. The lowest BCUT2D eigenvalue weighted by atomic mass is 9.94. The van der Waals surface area contributed by atoms with E-state index in [0.717, 1.165) is 51.9 Å². The van der Waals surface area contributed by atoms with Crippen molar-refractivity contribution in [3.8, 4) is 0 Å². The van der Waals surface area contributed by atoms with Gasteiger partial charge in [0.25, 0.3) is 0 Å². The Morgan fingerprint density at radius 2 is 0.772 bits per heavy atom. The smallest absolute Gasteiger partial charge is 0.220 e. The number of carbonyl (C=O) groups is 2. The maximum absolute atomic E-state index is 13.5. The summed E-state index contributed by atoms with van der Waals surface area (Å²) in [5.41, 5.74) is 0. The lowest BCUT2D eigenvalue weighted by Gasteiger charge is -2.50. The third kappa shape index (κ3) is 29.3. The average Bonchev–Trinajstić information content (AvgIpc) is 0.774. The number of aliphatic hydroxyl groups is 15. The highest BCUT2D eigenvalue weighted by molar-refractivity contribution is 5.76. The Bertz CT molecular complexity index is 2200. The molecule has 29 heteroatoms. The number of carbonyl (C=O) groups excluding carboxylic acids is 2. The first-order valence-electron chi connectivity index (χ1n) is 38.3. The van der Waals surface area contributed by atoms with Gasteiger partial charge in [-0.1, -0.05) is 206 Å². The molecule has 101 heavy (non-hydrogen) atoms. The zero-order valence-corrected chi connectivity index (χ0v) is 60.5. The van der Waals surface area contributed by atoms with Crippen molar-refractivity contribution in [3.63, 3.8) is 0 Å². The summed E-state index contributed by atoms with van der Waals surface area (Å²) in [5, 5.41) is 172. The molecule has 0 saturated carbocycles. The summed E-state index contributed by atoms with van der Waals surface area (Å²) in [6.45, 7) is 2.66. The topological polar surface area (TPSA) is 454 Å². The second kappa shape index (κ2) is 49.6. The summed E-state index contributed by atoms with van der Waals surface area (Å²) in [7, 11) is 0. The molecule has 592 valence electrons. The molecule has 0 aromatic rings. The molecule has 5 aliphatic heterocycles. The molecule has 5 rings (SSSR count). The first kappa shape index (κ1) is 89.3. The second-order valence-electron chi connectivity index (χ2n) is 28.5. The van der Waals surface area contributed by atoms with E-state index in [2.05, 4.69) is 24.5 Å². The molecule has 5 heterocycles. The minimum atomic E-state index is -2.20. The number of amides is 2. The van der Waals surface area contributed by atoms with E-state index in [0.29, 0.717) is 12.8 Å². The Kier molecular flexibility index (Phi) is 43.9. The van der Waals surface area contributed by atoms with Crippen LogP contribution in [0.2, 0.25) is 0 Å². The van der Waals surface area contributed by atoms with Crippen molar-refractivity contribution < 1.29 is 134 Å². The van der Waals surface area contributed by atoms with E-state index < -0.39 is 205 Å². The predicted molar refractivity (Wildman–Crippen MR) is 367 cm³/mol. The number of hydrogen-bond acceptors (Lipinski definition) is 27. The number of hydrogen-bond donors (Lipinski definition) is 17. The van der Waals surface area contributed by atoms with E-state index >= 15 is 0 Å². The van der Waals surface area contributed by atoms with Gasteiger partial charge in [0.05, 0.1) is 51.3 Å². The summed E-state index contributed by atoms with van der Waals surface area (Å²) in [6, 6.07) is -2.70. The highest BCUT2D eigenvalue weighted by Gasteiger charge is 2.57. The fourth-order valence-corrected chi connectivity index (χ4v) is 13.9. The van der Waals surface area contributed by atoms with Crippen molar-refractivity contribution in [2.45, 2.75) is 399 Å². The third-order valence-electron chi connectivity index (χ3n) is 20.2. The van der Waals surface area contributed by atoms with E-state index in [1.807, 2.05) is 6.08 Å². The minimum absolute atomic E-state index is 0.196. The zero-order chi connectivity index (χ0) is 73.8. The number of aliphatic hydroxyl groups excluding tert-OH is 15. The fraction of sp³-hybridized carbons (Fsp3) is 0.944. The van der Waals surface area contributed by atoms with Gasteiger partial charge in [-0.3, -0.25) is 9.59 Å². The van der Waals surface area contributed by atoms with Crippen LogP contribution in [-0.2, 0) is 57.0 Å². The van der Waals surface area contributed by atoms with E-state index in [4.69, 9.17) is 47.4 Å². The number of rotatable bonds is 51. The fourth-order valence-electron chi connectivity index (χ4n) is 13.9. The summed E-state index contributed by atoms with van der Waals surface area (Å²) in [5.74, 6) is -1.10. The molecule has 2 amide bonds. The molecular weight excluding hydrogens is 1320 g/mol. The maximum Gasteiger partial charge on any atom is 0.220 e. The van der Waals surface area contributed by atoms with Gasteiger partial charge in [-0.15, -0.1) is 0 Å². The van der Waals surface area contributed by atoms with Crippen molar-refractivity contribution in [1.29, 1.82) is 0 Å². The molecule has 0 aromatic heterocycles. The van der Waals surface area contributed by atoms with Gasteiger partial charge in [0.15, 0.2) is 31.5 Å². The van der Waals surface area contributed by atoms with Crippen LogP contribution in [0.15, 0.2) is 12.2 Å². The Hall–Kier alpha value is -2.32. The van der Waals surface area contributed by atoms with Crippen LogP contribution in [0.25, 0.3) is 0 Å². The van der Waals surface area contributed by atoms with Gasteiger partial charge in [-0.25, -0.2) is 0 Å². The monoisotopic (exact) mass is 1460 g/mol. The molecule has 0 spiro atoms. The summed E-state index contributed by atoms with van der Waals surface area (Å²) < 4.78 is 58.7. The molecule has 5 aliphatic rings. The van der Waals surface area contributed by atoms with Gasteiger partial charge in [0.2, 0.25) is 11.8 Å². The van der Waals surface area contributed by atoms with Gasteiger partial charge < -0.3 is 135 Å². The number of nitrogens with one attached hydrogen (secondary N) is 2. The van der Waals surface area contributed by atoms with Crippen LogP contribution in [0.4, 0.5) is 0 Å². The van der Waals surface area contributed by atoms with Gasteiger partial charge >= 0.3 is 0 Å². The Morgan fingerprint density at radius 3 is 1.22 bits per heavy atom. The second-order valence-corrected chi connectivity index (χ2v) is 28.5. The van der Waals surface area contributed by atoms with Crippen LogP contribution in [0.3, 0.4) is 0 Å². The predicted octanol–water partition coefficient (Wildman–Crippen LogP) is 2.20. The summed E-state index contributed by atoms with van der Waals surface area (Å²) >= 11 is 0. The van der Waals surface area contributed by atoms with E-state index in [1.165, 1.54) is 148 Å². The van der Waals surface area contributed by atoms with Crippen molar-refractivity contribution in [3.05, 3.63) is 12.2 Å². The standard InChI is InChI=1S/C72H132N2O27/c1-5-7-9-11-13-15-17-19-20-21-22-23-24-26-28-30-32-34-36-38-52(81)74-46(47(80)37-35-33-31-29-27-25-18-16-14-12-10-8-6-2)43-92-69-61(89)59(87)64(51(42-78)97-69)98-71-63(91)67(57(85)50(41-77)95-71)101-72-62(90)66(56(84)49(40-76)96-72)100-68-53(73-45(4)79)65(55(83)48(39-75)94-68)99-70-60(88)58(86)54(82)44(3)93-70/h35,37,44,46-51,53-72,75-78,80,82-91H,5-34,36,38-43H2,1-4H3,(H,73,79)(H,74,81)/b37-35+/t44?,46-,47+,48?,49?,50?,51?,53?,54+,55+,56-,57-,58?,59+,60-,61?,62?,63?,64+,65+,66-,67-,68-,69+,70+,71-,72+/m0/s1. The van der Waals surface area contributed by atoms with Crippen LogP contribution in [0.5, 0.6) is 0 Å². The molecule has 5 fully saturated rings. The third-order valence-corrected chi connectivity index (χ3v) is 20.2. The zero-order valence-electron chi connectivity index (χ0n) is 60.5. The van der Waals surface area contributed by atoms with E-state index in [-0.39, 0.29) is 12.3 Å². The van der Waals surface area contributed by atoms with E-state index in [1.54, 1.807) is 6.08 Å². The van der Waals surface area contributed by atoms with Crippen molar-refractivity contribution in [2.75, 3.05) is 33.0 Å². The maximum atomic E-state index is 13.5. The lowest BCUT2D eigenvalue weighted by Crippen LogP contribution is -2.70. The van der Waals surface area contributed by atoms with Gasteiger partial charge in [-0.2, -0.15) is 0 Å². The van der Waals surface area contributed by atoms with Crippen molar-refractivity contribution in [2.24, 2.45) is 0 Å². The molecule has 5 saturated heterocycles. The first-order valence-corrected chi connectivity index (χ1v) is 38.3. The Labute approximate surface area is 597 Å². The minimum Gasteiger partial charge on any atom is -0.394 e. The molecule has 17 N–H and O–H groups in total. The Morgan fingerprint density at radius 1 is 0.406 bits per heavy atom. The van der Waals surface area contributed by atoms with Crippen molar-refractivity contribution in [1.82, 2.24) is 10.6 Å². The first-order chi connectivity index (χ1) is 48.7. The molecular formula is C72H132N2O27. The largest absolute Gasteiger partial charge is 0.394 e. The van der Waals surface area contributed by atoms with Crippen LogP contribution < -0.4 is 10.6 Å². The highest BCUT2D eigenvalue weighted by Crippen LogP contribution is 2.37. The van der Waals surface area contributed by atoms with E-state index in [9.17, 15) is 86.2 Å². The number of ether oxygens (including phenoxy) is 10.